The van der Waals surface area contributed by atoms with E-state index in [4.69, 9.17) is 4.98 Å². The summed E-state index contributed by atoms with van der Waals surface area (Å²) in [6, 6.07) is 17.1. The zero-order chi connectivity index (χ0) is 14.9. The van der Waals surface area contributed by atoms with Crippen LogP contribution in [0.3, 0.4) is 0 Å². The molecule has 4 aromatic rings. The Kier molecular flexibility index (Phi) is 3.19. The predicted molar refractivity (Wildman–Crippen MR) is 91.1 cm³/mol. The molecule has 0 bridgehead atoms. The van der Waals surface area contributed by atoms with Crippen molar-refractivity contribution in [2.75, 3.05) is 0 Å². The molecule has 0 saturated carbocycles. The smallest absolute Gasteiger partial charge is 0.110 e. The predicted octanol–water partition coefficient (Wildman–Crippen LogP) is 4.52. The number of rotatable bonds is 4. The standard InChI is InChI=1S/C19H19N3/c1-2-5-19-21-17-6-3-4-7-18(17)22(19)13-14-8-9-16-15(12-14)10-11-20-16/h3-4,6-12,20H,2,5,13H2,1H3. The van der Waals surface area contributed by atoms with Gasteiger partial charge in [0.15, 0.2) is 0 Å². The SMILES string of the molecule is CCCc1nc2ccccc2n1Cc1ccc2[nH]ccc2c1. The van der Waals surface area contributed by atoms with E-state index in [2.05, 4.69) is 65.0 Å². The fraction of sp³-hybridized carbons (Fsp3) is 0.211. The second-order valence-electron chi connectivity index (χ2n) is 5.75. The van der Waals surface area contributed by atoms with Crippen molar-refractivity contribution in [1.82, 2.24) is 14.5 Å². The van der Waals surface area contributed by atoms with Crippen molar-refractivity contribution in [2.24, 2.45) is 0 Å². The highest BCUT2D eigenvalue weighted by atomic mass is 15.1. The molecule has 2 heterocycles. The van der Waals surface area contributed by atoms with Gasteiger partial charge in [0.05, 0.1) is 11.0 Å². The number of hydrogen-bond acceptors (Lipinski definition) is 1. The lowest BCUT2D eigenvalue weighted by molar-refractivity contribution is 0.722. The molecule has 2 aromatic heterocycles. The van der Waals surface area contributed by atoms with Crippen molar-refractivity contribution in [3.8, 4) is 0 Å². The fourth-order valence-corrected chi connectivity index (χ4v) is 3.10. The molecule has 0 atom stereocenters. The molecule has 0 saturated heterocycles. The van der Waals surface area contributed by atoms with Crippen LogP contribution in [0.5, 0.6) is 0 Å². The number of hydrogen-bond donors (Lipinski definition) is 1. The first-order chi connectivity index (χ1) is 10.8. The number of nitrogens with zero attached hydrogens (tertiary/aromatic N) is 2. The molecule has 1 N–H and O–H groups in total. The highest BCUT2D eigenvalue weighted by molar-refractivity contribution is 5.80. The van der Waals surface area contributed by atoms with Gasteiger partial charge in [0.1, 0.15) is 5.82 Å². The summed E-state index contributed by atoms with van der Waals surface area (Å²) in [4.78, 5) is 8.06. The van der Waals surface area contributed by atoms with Gasteiger partial charge in [-0.05, 0) is 47.7 Å². The molecule has 0 amide bonds. The topological polar surface area (TPSA) is 33.6 Å². The van der Waals surface area contributed by atoms with Crippen LogP contribution in [0.25, 0.3) is 21.9 Å². The van der Waals surface area contributed by atoms with Crippen molar-refractivity contribution >= 4 is 21.9 Å². The number of nitrogens with one attached hydrogen (secondary N) is 1. The third-order valence-electron chi connectivity index (χ3n) is 4.17. The number of aryl methyl sites for hydroxylation is 1. The minimum atomic E-state index is 0.872. The number of benzene rings is 2. The molecule has 0 radical (unpaired) electrons. The summed E-state index contributed by atoms with van der Waals surface area (Å²) < 4.78 is 2.35. The van der Waals surface area contributed by atoms with E-state index >= 15 is 0 Å². The first kappa shape index (κ1) is 13.1. The van der Waals surface area contributed by atoms with Crippen molar-refractivity contribution in [1.29, 1.82) is 0 Å². The molecule has 110 valence electrons. The Bertz CT molecular complexity index is 930. The molecule has 0 aliphatic carbocycles. The molecule has 0 spiro atoms. The molecule has 2 aromatic carbocycles. The third-order valence-corrected chi connectivity index (χ3v) is 4.17. The summed E-state index contributed by atoms with van der Waals surface area (Å²) in [7, 11) is 0. The third kappa shape index (κ3) is 2.19. The Morgan fingerprint density at radius 2 is 2.00 bits per heavy atom. The quantitative estimate of drug-likeness (QED) is 0.589. The zero-order valence-electron chi connectivity index (χ0n) is 12.7. The van der Waals surface area contributed by atoms with Crippen LogP contribution in [0.4, 0.5) is 0 Å². The van der Waals surface area contributed by atoms with Crippen molar-refractivity contribution in [3.63, 3.8) is 0 Å². The van der Waals surface area contributed by atoms with Crippen LogP contribution in [0.15, 0.2) is 54.7 Å². The van der Waals surface area contributed by atoms with E-state index in [1.807, 2.05) is 6.20 Å². The maximum Gasteiger partial charge on any atom is 0.110 e. The number of imidazole rings is 1. The van der Waals surface area contributed by atoms with Gasteiger partial charge in [-0.15, -0.1) is 0 Å². The largest absolute Gasteiger partial charge is 0.361 e. The molecule has 0 aliphatic heterocycles. The molecule has 3 heteroatoms. The molecular weight excluding hydrogens is 270 g/mol. The molecule has 3 nitrogen and oxygen atoms in total. The van der Waals surface area contributed by atoms with Crippen molar-refractivity contribution < 1.29 is 0 Å². The maximum absolute atomic E-state index is 4.81. The van der Waals surface area contributed by atoms with Gasteiger partial charge in [-0.2, -0.15) is 0 Å². The van der Waals surface area contributed by atoms with Gasteiger partial charge in [-0.1, -0.05) is 25.1 Å². The van der Waals surface area contributed by atoms with Gasteiger partial charge in [-0.25, -0.2) is 4.98 Å². The Morgan fingerprint density at radius 3 is 2.91 bits per heavy atom. The second-order valence-corrected chi connectivity index (χ2v) is 5.75. The average molecular weight is 289 g/mol. The first-order valence-corrected chi connectivity index (χ1v) is 7.85. The van der Waals surface area contributed by atoms with Gasteiger partial charge in [0.2, 0.25) is 0 Å². The summed E-state index contributed by atoms with van der Waals surface area (Å²) in [6.07, 6.45) is 4.12. The van der Waals surface area contributed by atoms with E-state index in [-0.39, 0.29) is 0 Å². The molecule has 0 aliphatic rings. The van der Waals surface area contributed by atoms with Gasteiger partial charge >= 0.3 is 0 Å². The minimum absolute atomic E-state index is 0.872. The van der Waals surface area contributed by atoms with E-state index in [1.165, 1.54) is 27.8 Å². The summed E-state index contributed by atoms with van der Waals surface area (Å²) in [6.45, 7) is 3.08. The monoisotopic (exact) mass is 289 g/mol. The van der Waals surface area contributed by atoms with Crippen LogP contribution in [-0.4, -0.2) is 14.5 Å². The summed E-state index contributed by atoms with van der Waals surface area (Å²) in [5, 5.41) is 1.26. The van der Waals surface area contributed by atoms with Gasteiger partial charge in [0.25, 0.3) is 0 Å². The Balaban J connectivity index is 1.80. The molecule has 0 fully saturated rings. The number of para-hydroxylation sites is 2. The summed E-state index contributed by atoms with van der Waals surface area (Å²) in [5.41, 5.74) is 4.81. The van der Waals surface area contributed by atoms with E-state index in [0.29, 0.717) is 0 Å². The van der Waals surface area contributed by atoms with E-state index in [9.17, 15) is 0 Å². The molecule has 0 unspecified atom stereocenters. The lowest BCUT2D eigenvalue weighted by Gasteiger charge is -2.09. The maximum atomic E-state index is 4.81. The second kappa shape index (κ2) is 5.34. The van der Waals surface area contributed by atoms with Crippen LogP contribution in [-0.2, 0) is 13.0 Å². The molecular formula is C19H19N3. The Morgan fingerprint density at radius 1 is 1.09 bits per heavy atom. The summed E-state index contributed by atoms with van der Waals surface area (Å²) >= 11 is 0. The van der Waals surface area contributed by atoms with Gasteiger partial charge < -0.3 is 9.55 Å². The number of H-pyrrole nitrogens is 1. The minimum Gasteiger partial charge on any atom is -0.361 e. The van der Waals surface area contributed by atoms with Gasteiger partial charge in [-0.3, -0.25) is 0 Å². The Hall–Kier alpha value is -2.55. The van der Waals surface area contributed by atoms with E-state index < -0.39 is 0 Å². The van der Waals surface area contributed by atoms with Crippen molar-refractivity contribution in [2.45, 2.75) is 26.3 Å². The molecule has 22 heavy (non-hydrogen) atoms. The van der Waals surface area contributed by atoms with E-state index in [1.54, 1.807) is 0 Å². The highest BCUT2D eigenvalue weighted by Crippen LogP contribution is 2.21. The first-order valence-electron chi connectivity index (χ1n) is 7.85. The average Bonchev–Trinajstić information content (AvgIpc) is 3.13. The van der Waals surface area contributed by atoms with E-state index in [0.717, 1.165) is 24.9 Å². The number of aromatic nitrogens is 3. The zero-order valence-corrected chi connectivity index (χ0v) is 12.7. The Labute approximate surface area is 129 Å². The van der Waals surface area contributed by atoms with Crippen LogP contribution >= 0.6 is 0 Å². The lowest BCUT2D eigenvalue weighted by Crippen LogP contribution is -2.05. The fourth-order valence-electron chi connectivity index (χ4n) is 3.10. The highest BCUT2D eigenvalue weighted by Gasteiger charge is 2.10. The van der Waals surface area contributed by atoms with Crippen LogP contribution < -0.4 is 0 Å². The lowest BCUT2D eigenvalue weighted by atomic mass is 10.1. The van der Waals surface area contributed by atoms with Crippen LogP contribution in [0.1, 0.15) is 24.7 Å². The van der Waals surface area contributed by atoms with Crippen LogP contribution in [0.2, 0.25) is 0 Å². The normalized spacial score (nSPS) is 11.5. The van der Waals surface area contributed by atoms with Crippen LogP contribution in [0, 0.1) is 0 Å². The van der Waals surface area contributed by atoms with Crippen molar-refractivity contribution in [3.05, 3.63) is 66.1 Å². The van der Waals surface area contributed by atoms with Gasteiger partial charge in [0, 0.05) is 24.7 Å². The summed E-state index contributed by atoms with van der Waals surface area (Å²) in [5.74, 6) is 1.18. The number of fused-ring (bicyclic) bond motifs is 2. The molecule has 4 rings (SSSR count). The number of aromatic amines is 1.